The summed E-state index contributed by atoms with van der Waals surface area (Å²) in [5, 5.41) is 10.0. The Morgan fingerprint density at radius 2 is 2.09 bits per heavy atom. The van der Waals surface area contributed by atoms with Gasteiger partial charge < -0.3 is 10.2 Å². The second kappa shape index (κ2) is 6.07. The molecule has 5 nitrogen and oxygen atoms in total. The van der Waals surface area contributed by atoms with Crippen molar-refractivity contribution in [3.63, 3.8) is 0 Å². The molecule has 0 unspecified atom stereocenters. The summed E-state index contributed by atoms with van der Waals surface area (Å²) in [7, 11) is 0. The largest absolute Gasteiger partial charge is 0.362 e. The molecule has 0 atom stereocenters. The number of anilines is 2. The zero-order chi connectivity index (χ0) is 16.6. The second-order valence-corrected chi connectivity index (χ2v) is 6.46. The first-order chi connectivity index (χ1) is 11.0. The number of aryl methyl sites for hydroxylation is 4. The van der Waals surface area contributed by atoms with Crippen molar-refractivity contribution in [2.75, 3.05) is 23.3 Å². The maximum absolute atomic E-state index is 12.5. The van der Waals surface area contributed by atoms with Crippen molar-refractivity contribution in [1.82, 2.24) is 10.2 Å². The van der Waals surface area contributed by atoms with Crippen molar-refractivity contribution < 1.29 is 4.79 Å². The molecule has 1 aromatic carbocycles. The predicted octanol–water partition coefficient (Wildman–Crippen LogP) is 3.03. The molecule has 1 aromatic heterocycles. The van der Waals surface area contributed by atoms with E-state index in [1.165, 1.54) is 22.4 Å². The summed E-state index contributed by atoms with van der Waals surface area (Å²) in [6.45, 7) is 9.37. The Hall–Kier alpha value is -2.30. The minimum Gasteiger partial charge on any atom is -0.362 e. The summed E-state index contributed by atoms with van der Waals surface area (Å²) in [6, 6.07) is 4.42. The highest BCUT2D eigenvalue weighted by atomic mass is 16.2. The minimum absolute atomic E-state index is 0.00427. The molecule has 0 spiro atoms. The normalized spacial score (nSPS) is 13.8. The molecule has 0 saturated carbocycles. The number of fused-ring (bicyclic) bond motifs is 1. The lowest BCUT2D eigenvalue weighted by Gasteiger charge is -2.32. The fourth-order valence-corrected chi connectivity index (χ4v) is 3.40. The van der Waals surface area contributed by atoms with Crippen molar-refractivity contribution in [3.05, 3.63) is 40.2 Å². The number of hydrogen-bond donors (Lipinski definition) is 2. The zero-order valence-electron chi connectivity index (χ0n) is 14.3. The van der Waals surface area contributed by atoms with E-state index in [4.69, 9.17) is 0 Å². The maximum Gasteiger partial charge on any atom is 0.243 e. The van der Waals surface area contributed by atoms with Crippen LogP contribution in [0.15, 0.2) is 12.1 Å². The molecule has 1 aliphatic heterocycles. The molecular formula is C18H24N4O. The van der Waals surface area contributed by atoms with Crippen LogP contribution in [-0.2, 0) is 11.2 Å². The van der Waals surface area contributed by atoms with E-state index >= 15 is 0 Å². The number of aromatic amines is 1. The lowest BCUT2D eigenvalue weighted by molar-refractivity contribution is -0.115. The molecule has 0 saturated heterocycles. The summed E-state index contributed by atoms with van der Waals surface area (Å²) in [5.41, 5.74) is 7.67. The van der Waals surface area contributed by atoms with E-state index < -0.39 is 0 Å². The van der Waals surface area contributed by atoms with E-state index in [1.54, 1.807) is 0 Å². The molecule has 5 heteroatoms. The van der Waals surface area contributed by atoms with E-state index in [2.05, 4.69) is 46.4 Å². The Morgan fingerprint density at radius 1 is 1.30 bits per heavy atom. The molecule has 0 bridgehead atoms. The van der Waals surface area contributed by atoms with Crippen LogP contribution in [0, 0.1) is 27.7 Å². The summed E-state index contributed by atoms with van der Waals surface area (Å²) >= 11 is 0. The van der Waals surface area contributed by atoms with Crippen LogP contribution in [-0.4, -0.2) is 29.2 Å². The number of hydrogen-bond acceptors (Lipinski definition) is 3. The second-order valence-electron chi connectivity index (χ2n) is 6.46. The van der Waals surface area contributed by atoms with Gasteiger partial charge >= 0.3 is 0 Å². The predicted molar refractivity (Wildman–Crippen MR) is 93.1 cm³/mol. The third-order valence-corrected chi connectivity index (χ3v) is 4.52. The molecule has 122 valence electrons. The van der Waals surface area contributed by atoms with Crippen molar-refractivity contribution in [2.24, 2.45) is 0 Å². The number of benzene rings is 1. The fourth-order valence-electron chi connectivity index (χ4n) is 3.40. The summed E-state index contributed by atoms with van der Waals surface area (Å²) in [5.74, 6) is 0.00427. The molecule has 1 amide bonds. The average molecular weight is 312 g/mol. The lowest BCUT2D eigenvalue weighted by atomic mass is 9.95. The van der Waals surface area contributed by atoms with Gasteiger partial charge in [-0.1, -0.05) is 6.07 Å². The Balaban J connectivity index is 1.78. The smallest absolute Gasteiger partial charge is 0.243 e. The van der Waals surface area contributed by atoms with Gasteiger partial charge in [0.1, 0.15) is 0 Å². The zero-order valence-corrected chi connectivity index (χ0v) is 14.3. The lowest BCUT2D eigenvalue weighted by Crippen LogP contribution is -2.37. The van der Waals surface area contributed by atoms with Crippen molar-refractivity contribution >= 4 is 17.3 Å². The Labute approximate surface area is 137 Å². The molecule has 3 rings (SSSR count). The minimum atomic E-state index is 0.00427. The highest BCUT2D eigenvalue weighted by molar-refractivity contribution is 5.95. The van der Waals surface area contributed by atoms with Crippen LogP contribution in [0.25, 0.3) is 0 Å². The highest BCUT2D eigenvalue weighted by Crippen LogP contribution is 2.31. The maximum atomic E-state index is 12.5. The monoisotopic (exact) mass is 312 g/mol. The quantitative estimate of drug-likeness (QED) is 0.916. The van der Waals surface area contributed by atoms with E-state index in [1.807, 2.05) is 13.8 Å². The summed E-state index contributed by atoms with van der Waals surface area (Å²) < 4.78 is 0. The molecule has 2 N–H and O–H groups in total. The summed E-state index contributed by atoms with van der Waals surface area (Å²) in [4.78, 5) is 14.7. The van der Waals surface area contributed by atoms with Crippen molar-refractivity contribution in [2.45, 2.75) is 40.5 Å². The van der Waals surface area contributed by atoms with Gasteiger partial charge in [0.05, 0.1) is 23.6 Å². The highest BCUT2D eigenvalue weighted by Gasteiger charge is 2.21. The van der Waals surface area contributed by atoms with E-state index in [9.17, 15) is 4.79 Å². The van der Waals surface area contributed by atoms with Crippen LogP contribution in [0.3, 0.4) is 0 Å². The van der Waals surface area contributed by atoms with Gasteiger partial charge in [0.25, 0.3) is 0 Å². The number of H-pyrrole nitrogens is 1. The third-order valence-electron chi connectivity index (χ3n) is 4.52. The molecule has 1 aliphatic rings. The van der Waals surface area contributed by atoms with Crippen LogP contribution >= 0.6 is 0 Å². The van der Waals surface area contributed by atoms with Crippen molar-refractivity contribution in [3.8, 4) is 0 Å². The first kappa shape index (κ1) is 15.6. The molecule has 23 heavy (non-hydrogen) atoms. The third kappa shape index (κ3) is 3.09. The van der Waals surface area contributed by atoms with Crippen LogP contribution in [0.4, 0.5) is 11.4 Å². The van der Waals surface area contributed by atoms with Crippen molar-refractivity contribution in [1.29, 1.82) is 0 Å². The number of carbonyl (C=O) groups excluding carboxylic acids is 1. The Kier molecular flexibility index (Phi) is 4.11. The van der Waals surface area contributed by atoms with Gasteiger partial charge in [-0.3, -0.25) is 9.89 Å². The molecule has 2 heterocycles. The topological polar surface area (TPSA) is 61.0 Å². The van der Waals surface area contributed by atoms with Gasteiger partial charge in [-0.15, -0.1) is 0 Å². The number of aromatic nitrogens is 2. The van der Waals surface area contributed by atoms with Gasteiger partial charge in [-0.2, -0.15) is 5.10 Å². The first-order valence-electron chi connectivity index (χ1n) is 8.12. The summed E-state index contributed by atoms with van der Waals surface area (Å²) in [6.07, 6.45) is 2.19. The van der Waals surface area contributed by atoms with Gasteiger partial charge in [0.15, 0.2) is 0 Å². The van der Waals surface area contributed by atoms with E-state index in [0.29, 0.717) is 6.54 Å². The molecule has 0 aliphatic carbocycles. The first-order valence-corrected chi connectivity index (χ1v) is 8.12. The SMILES string of the molecule is Cc1cc(C)c2c(c1)N(CC(=O)Nc1c(C)n[nH]c1C)CCC2. The fraction of sp³-hybridized carbons (Fsp3) is 0.444. The number of rotatable bonds is 3. The van der Waals surface area contributed by atoms with Gasteiger partial charge in [-0.25, -0.2) is 0 Å². The molecule has 2 aromatic rings. The van der Waals surface area contributed by atoms with Crippen LogP contribution < -0.4 is 10.2 Å². The number of amides is 1. The van der Waals surface area contributed by atoms with E-state index in [0.717, 1.165) is 36.5 Å². The average Bonchev–Trinajstić information content (AvgIpc) is 2.80. The molecule has 0 fully saturated rings. The standard InChI is InChI=1S/C18H24N4O/c1-11-8-12(2)15-6-5-7-22(16(15)9-11)10-17(23)19-18-13(3)20-21-14(18)4/h8-9H,5-7,10H2,1-4H3,(H,19,23)(H,20,21). The van der Waals surface area contributed by atoms with Crippen LogP contribution in [0.1, 0.15) is 34.5 Å². The molecule has 0 radical (unpaired) electrons. The van der Waals surface area contributed by atoms with Crippen LogP contribution in [0.5, 0.6) is 0 Å². The van der Waals surface area contributed by atoms with Gasteiger partial charge in [0, 0.05) is 12.2 Å². The Bertz CT molecular complexity index is 728. The number of nitrogens with zero attached hydrogens (tertiary/aromatic N) is 2. The van der Waals surface area contributed by atoms with Gasteiger partial charge in [-0.05, 0) is 63.3 Å². The van der Waals surface area contributed by atoms with Crippen LogP contribution in [0.2, 0.25) is 0 Å². The van der Waals surface area contributed by atoms with Gasteiger partial charge in [0.2, 0.25) is 5.91 Å². The van der Waals surface area contributed by atoms with E-state index in [-0.39, 0.29) is 5.91 Å². The number of nitrogens with one attached hydrogen (secondary N) is 2. The number of carbonyl (C=O) groups is 1. The Morgan fingerprint density at radius 3 is 2.78 bits per heavy atom. The molecular weight excluding hydrogens is 288 g/mol.